The van der Waals surface area contributed by atoms with Crippen LogP contribution in [0.5, 0.6) is 0 Å². The molecule has 158 valence electrons. The predicted molar refractivity (Wildman–Crippen MR) is 121 cm³/mol. The van der Waals surface area contributed by atoms with E-state index in [4.69, 9.17) is 0 Å². The molecule has 0 aromatic heterocycles. The number of imide groups is 1. The second kappa shape index (κ2) is 6.36. The lowest BCUT2D eigenvalue weighted by Crippen LogP contribution is -2.57. The van der Waals surface area contributed by atoms with Crippen LogP contribution >= 0.6 is 15.9 Å². The normalized spacial score (nSPS) is 27.2. The first kappa shape index (κ1) is 19.4. The van der Waals surface area contributed by atoms with Crippen LogP contribution in [0.1, 0.15) is 33.7 Å². The van der Waals surface area contributed by atoms with Crippen molar-refractivity contribution in [3.63, 3.8) is 0 Å². The molecule has 1 heterocycles. The number of benzene rings is 3. The second-order valence-electron chi connectivity index (χ2n) is 8.62. The fourth-order valence-corrected chi connectivity index (χ4v) is 6.38. The molecule has 0 N–H and O–H groups in total. The zero-order valence-corrected chi connectivity index (χ0v) is 18.6. The standard InChI is InChI=1S/C25H17BrN2O4/c1-13-10-11-14(12-19(13)26)27-23(29)21-20-15-6-2-4-8-17(15)25(28(31)32,22(21)24(27)30)18-9-5-3-7-16(18)20/h2-12,20-22H,1H3/t20?,21-,22-,25?/m0/s1. The first-order chi connectivity index (χ1) is 15.4. The molecule has 0 spiro atoms. The number of anilines is 1. The minimum atomic E-state index is -1.80. The molecule has 2 atom stereocenters. The maximum atomic E-state index is 13.9. The van der Waals surface area contributed by atoms with Crippen molar-refractivity contribution < 1.29 is 14.5 Å². The minimum absolute atomic E-state index is 0.350. The number of nitrogens with zero attached hydrogens (tertiary/aromatic N) is 2. The molecule has 6 nitrogen and oxygen atoms in total. The highest BCUT2D eigenvalue weighted by molar-refractivity contribution is 9.10. The summed E-state index contributed by atoms with van der Waals surface area (Å²) in [7, 11) is 0. The lowest BCUT2D eigenvalue weighted by molar-refractivity contribution is -0.578. The van der Waals surface area contributed by atoms with E-state index in [-0.39, 0.29) is 10.8 Å². The Morgan fingerprint density at radius 2 is 1.53 bits per heavy atom. The van der Waals surface area contributed by atoms with E-state index in [0.29, 0.717) is 16.8 Å². The van der Waals surface area contributed by atoms with Crippen LogP contribution in [0.3, 0.4) is 0 Å². The molecule has 3 aliphatic carbocycles. The largest absolute Gasteiger partial charge is 0.285 e. The first-order valence-electron chi connectivity index (χ1n) is 10.4. The Balaban J connectivity index is 1.66. The van der Waals surface area contributed by atoms with Crippen molar-refractivity contribution in [1.82, 2.24) is 0 Å². The predicted octanol–water partition coefficient (Wildman–Crippen LogP) is 4.54. The molecule has 2 amide bonds. The lowest BCUT2D eigenvalue weighted by atomic mass is 9.51. The average Bonchev–Trinajstić information content (AvgIpc) is 3.06. The van der Waals surface area contributed by atoms with E-state index in [9.17, 15) is 19.7 Å². The Bertz CT molecular complexity index is 1320. The summed E-state index contributed by atoms with van der Waals surface area (Å²) in [6.45, 7) is 1.91. The lowest BCUT2D eigenvalue weighted by Gasteiger charge is -2.48. The maximum Gasteiger partial charge on any atom is 0.285 e. The van der Waals surface area contributed by atoms with Gasteiger partial charge >= 0.3 is 0 Å². The number of hydrogen-bond acceptors (Lipinski definition) is 4. The van der Waals surface area contributed by atoms with Crippen LogP contribution in [0.2, 0.25) is 0 Å². The van der Waals surface area contributed by atoms with E-state index in [2.05, 4.69) is 15.9 Å². The number of carbonyl (C=O) groups is 2. The second-order valence-corrected chi connectivity index (χ2v) is 9.48. The molecule has 0 radical (unpaired) electrons. The summed E-state index contributed by atoms with van der Waals surface area (Å²) in [5.41, 5.74) is 2.15. The van der Waals surface area contributed by atoms with Gasteiger partial charge < -0.3 is 0 Å². The van der Waals surface area contributed by atoms with Gasteiger partial charge in [-0.2, -0.15) is 0 Å². The molecule has 1 aliphatic heterocycles. The average molecular weight is 489 g/mol. The third-order valence-corrected chi connectivity index (χ3v) is 8.13. The van der Waals surface area contributed by atoms with E-state index >= 15 is 0 Å². The van der Waals surface area contributed by atoms with Gasteiger partial charge in [-0.3, -0.25) is 19.7 Å². The van der Waals surface area contributed by atoms with Crippen molar-refractivity contribution in [2.45, 2.75) is 18.4 Å². The van der Waals surface area contributed by atoms with Gasteiger partial charge in [0.05, 0.1) is 11.6 Å². The number of hydrogen-bond donors (Lipinski definition) is 0. The van der Waals surface area contributed by atoms with Gasteiger partial charge in [0.25, 0.3) is 5.54 Å². The van der Waals surface area contributed by atoms with E-state index in [1.54, 1.807) is 36.4 Å². The molecule has 1 fully saturated rings. The smallest absolute Gasteiger partial charge is 0.274 e. The van der Waals surface area contributed by atoms with Gasteiger partial charge in [0.2, 0.25) is 11.8 Å². The van der Waals surface area contributed by atoms with Crippen molar-refractivity contribution >= 4 is 33.4 Å². The molecule has 7 heteroatoms. The van der Waals surface area contributed by atoms with Crippen molar-refractivity contribution in [1.29, 1.82) is 0 Å². The van der Waals surface area contributed by atoms with Crippen LogP contribution in [-0.4, -0.2) is 16.7 Å². The molecule has 4 aliphatic rings. The number of nitro groups is 1. The molecule has 1 saturated heterocycles. The molecule has 3 aromatic rings. The Hall–Kier alpha value is -3.32. The quantitative estimate of drug-likeness (QED) is 0.301. The highest BCUT2D eigenvalue weighted by Gasteiger charge is 2.74. The molecule has 3 aromatic carbocycles. The van der Waals surface area contributed by atoms with Crippen LogP contribution in [0.15, 0.2) is 71.2 Å². The summed E-state index contributed by atoms with van der Waals surface area (Å²) < 4.78 is 0.768. The van der Waals surface area contributed by atoms with E-state index in [1.807, 2.05) is 37.3 Å². The van der Waals surface area contributed by atoms with Crippen molar-refractivity contribution in [3.8, 4) is 0 Å². The first-order valence-corrected chi connectivity index (χ1v) is 11.2. The fourth-order valence-electron chi connectivity index (χ4n) is 6.02. The van der Waals surface area contributed by atoms with Crippen LogP contribution in [0.4, 0.5) is 5.69 Å². The molecular weight excluding hydrogens is 472 g/mol. The van der Waals surface area contributed by atoms with E-state index in [1.165, 1.54) is 0 Å². The molecule has 0 saturated carbocycles. The summed E-state index contributed by atoms with van der Waals surface area (Å²) in [6, 6.07) is 19.6. The van der Waals surface area contributed by atoms with E-state index in [0.717, 1.165) is 26.1 Å². The number of aryl methyl sites for hydroxylation is 1. The number of rotatable bonds is 2. The Kier molecular flexibility index (Phi) is 3.85. The summed E-state index contributed by atoms with van der Waals surface area (Å²) in [4.78, 5) is 41.4. The summed E-state index contributed by atoms with van der Waals surface area (Å²) >= 11 is 3.47. The number of carbonyl (C=O) groups excluding carboxylic acids is 2. The summed E-state index contributed by atoms with van der Waals surface area (Å²) in [5.74, 6) is -3.21. The van der Waals surface area contributed by atoms with Crippen LogP contribution in [-0.2, 0) is 15.1 Å². The third kappa shape index (κ3) is 2.09. The number of amides is 2. The van der Waals surface area contributed by atoms with Gasteiger partial charge in [0.1, 0.15) is 5.92 Å². The fraction of sp³-hybridized carbons (Fsp3) is 0.200. The highest BCUT2D eigenvalue weighted by atomic mass is 79.9. The third-order valence-electron chi connectivity index (χ3n) is 7.27. The van der Waals surface area contributed by atoms with Gasteiger partial charge in [0, 0.05) is 26.4 Å². The van der Waals surface area contributed by atoms with Gasteiger partial charge in [-0.25, -0.2) is 4.90 Å². The van der Waals surface area contributed by atoms with Gasteiger partial charge in [-0.15, -0.1) is 0 Å². The van der Waals surface area contributed by atoms with Gasteiger partial charge in [-0.1, -0.05) is 70.5 Å². The van der Waals surface area contributed by atoms with Crippen molar-refractivity contribution in [2.75, 3.05) is 4.90 Å². The van der Waals surface area contributed by atoms with Gasteiger partial charge in [0.15, 0.2) is 0 Å². The molecule has 7 rings (SSSR count). The zero-order valence-electron chi connectivity index (χ0n) is 17.0. The Morgan fingerprint density at radius 1 is 0.938 bits per heavy atom. The van der Waals surface area contributed by atoms with Gasteiger partial charge in [-0.05, 0) is 35.7 Å². The highest BCUT2D eigenvalue weighted by Crippen LogP contribution is 2.64. The monoisotopic (exact) mass is 488 g/mol. The summed E-state index contributed by atoms with van der Waals surface area (Å²) in [5, 5.41) is 12.9. The minimum Gasteiger partial charge on any atom is -0.274 e. The topological polar surface area (TPSA) is 80.5 Å². The van der Waals surface area contributed by atoms with Crippen molar-refractivity contribution in [3.05, 3.63) is 109 Å². The SMILES string of the molecule is Cc1ccc(N2C(=O)[C@@H]3[C@@H](C2=O)C2c4ccccc4C3([N+](=O)[O-])c3ccccc32)cc1Br. The molecule has 2 bridgehead atoms. The van der Waals surface area contributed by atoms with Crippen LogP contribution < -0.4 is 4.90 Å². The van der Waals surface area contributed by atoms with Crippen LogP contribution in [0.25, 0.3) is 0 Å². The zero-order chi connectivity index (χ0) is 22.4. The molecule has 32 heavy (non-hydrogen) atoms. The Morgan fingerprint density at radius 3 is 2.09 bits per heavy atom. The summed E-state index contributed by atoms with van der Waals surface area (Å²) in [6.07, 6.45) is 0. The molecular formula is C25H17BrN2O4. The van der Waals surface area contributed by atoms with Crippen LogP contribution in [0, 0.1) is 28.9 Å². The molecule has 0 unspecified atom stereocenters. The van der Waals surface area contributed by atoms with E-state index < -0.39 is 29.2 Å². The number of halogens is 1. The van der Waals surface area contributed by atoms with Crippen molar-refractivity contribution in [2.24, 2.45) is 11.8 Å². The maximum absolute atomic E-state index is 13.9. The Labute approximate surface area is 192 Å².